The molecule has 0 saturated carbocycles. The van der Waals surface area contributed by atoms with E-state index in [4.69, 9.17) is 10.5 Å². The first-order valence-corrected chi connectivity index (χ1v) is 9.92. The van der Waals surface area contributed by atoms with E-state index >= 15 is 0 Å². The molecule has 7 heteroatoms. The Morgan fingerprint density at radius 3 is 1.65 bits per heavy atom. The fourth-order valence-electron chi connectivity index (χ4n) is 1.27. The second-order valence-corrected chi connectivity index (χ2v) is 8.60. The number of nitrogens with two attached hydrogens (primary N) is 1. The predicted molar refractivity (Wildman–Crippen MR) is 97.7 cm³/mol. The molecule has 0 saturated heterocycles. The topological polar surface area (TPSA) is 98.5 Å². The highest BCUT2D eigenvalue weighted by molar-refractivity contribution is 7.88. The van der Waals surface area contributed by atoms with Crippen LogP contribution >= 0.6 is 0 Å². The van der Waals surface area contributed by atoms with Gasteiger partial charge in [0, 0.05) is 26.7 Å². The number of amides is 1. The van der Waals surface area contributed by atoms with E-state index < -0.39 is 10.0 Å². The number of carbonyl (C=O) groups is 1. The summed E-state index contributed by atoms with van der Waals surface area (Å²) in [4.78, 5) is 10.0. The second kappa shape index (κ2) is 16.2. The van der Waals surface area contributed by atoms with Crippen LogP contribution in [-0.2, 0) is 19.6 Å². The molecule has 0 atom stereocenters. The molecule has 0 spiro atoms. The Balaban J connectivity index is -0.000000272. The molecule has 0 rings (SSSR count). The number of methoxy groups -OCH3 is 1. The maximum absolute atomic E-state index is 10.5. The summed E-state index contributed by atoms with van der Waals surface area (Å²) in [6.07, 6.45) is 2.57. The molecule has 6 nitrogen and oxygen atoms in total. The summed E-state index contributed by atoms with van der Waals surface area (Å²) in [6.45, 7) is 13.7. The van der Waals surface area contributed by atoms with Gasteiger partial charge >= 0.3 is 0 Å². The van der Waals surface area contributed by atoms with Gasteiger partial charge < -0.3 is 10.5 Å². The Labute approximate surface area is 143 Å². The van der Waals surface area contributed by atoms with Gasteiger partial charge in [-0.15, -0.1) is 0 Å². The van der Waals surface area contributed by atoms with Crippen LogP contribution in [0.5, 0.6) is 0 Å². The number of sulfonamides is 1. The monoisotopic (exact) mass is 354 g/mol. The van der Waals surface area contributed by atoms with Gasteiger partial charge in [0.05, 0.1) is 6.26 Å². The van der Waals surface area contributed by atoms with Gasteiger partial charge in [-0.05, 0) is 24.2 Å². The van der Waals surface area contributed by atoms with Crippen LogP contribution in [0.15, 0.2) is 0 Å². The van der Waals surface area contributed by atoms with Crippen LogP contribution in [-0.4, -0.2) is 40.8 Å². The number of hydrogen-bond acceptors (Lipinski definition) is 4. The van der Waals surface area contributed by atoms with Gasteiger partial charge in [-0.1, -0.05) is 41.5 Å². The molecule has 0 aromatic rings. The van der Waals surface area contributed by atoms with Gasteiger partial charge in [-0.25, -0.2) is 13.1 Å². The van der Waals surface area contributed by atoms with Gasteiger partial charge in [0.15, 0.2) is 0 Å². The lowest BCUT2D eigenvalue weighted by Gasteiger charge is -2.03. The van der Waals surface area contributed by atoms with E-state index in [1.165, 1.54) is 6.26 Å². The molecule has 0 aromatic heterocycles. The molecule has 0 fully saturated rings. The van der Waals surface area contributed by atoms with Gasteiger partial charge in [0.25, 0.3) is 0 Å². The Morgan fingerprint density at radius 2 is 1.52 bits per heavy atom. The van der Waals surface area contributed by atoms with Crippen LogP contribution in [0.3, 0.4) is 0 Å². The fraction of sp³-hybridized carbons (Fsp3) is 0.938. The smallest absolute Gasteiger partial charge is 0.217 e. The summed E-state index contributed by atoms with van der Waals surface area (Å²) in [6, 6.07) is 0. The first kappa shape index (κ1) is 27.2. The van der Waals surface area contributed by atoms with Crippen molar-refractivity contribution < 1.29 is 17.9 Å². The first-order chi connectivity index (χ1) is 10.3. The molecule has 1 amide bonds. The third-order valence-corrected chi connectivity index (χ3v) is 2.92. The Bertz CT molecular complexity index is 366. The molecule has 0 bridgehead atoms. The molecule has 3 N–H and O–H groups in total. The molecule has 142 valence electrons. The van der Waals surface area contributed by atoms with E-state index in [1.54, 1.807) is 7.11 Å². The van der Waals surface area contributed by atoms with Crippen LogP contribution in [0.1, 0.15) is 54.4 Å². The molecule has 0 radical (unpaired) electrons. The minimum Gasteiger partial charge on any atom is -0.384 e. The van der Waals surface area contributed by atoms with Crippen molar-refractivity contribution in [1.82, 2.24) is 4.72 Å². The zero-order valence-corrected chi connectivity index (χ0v) is 17.0. The molecule has 0 unspecified atom stereocenters. The van der Waals surface area contributed by atoms with Crippen molar-refractivity contribution in [3.63, 3.8) is 0 Å². The average Bonchev–Trinajstić information content (AvgIpc) is 2.25. The van der Waals surface area contributed by atoms with Crippen molar-refractivity contribution >= 4 is 15.9 Å². The lowest BCUT2D eigenvalue weighted by atomic mass is 10.1. The van der Waals surface area contributed by atoms with Crippen molar-refractivity contribution in [3.8, 4) is 0 Å². The largest absolute Gasteiger partial charge is 0.384 e. The van der Waals surface area contributed by atoms with E-state index in [2.05, 4.69) is 32.4 Å². The third-order valence-electron chi connectivity index (χ3n) is 2.20. The highest BCUT2D eigenvalue weighted by atomic mass is 32.2. The second-order valence-electron chi connectivity index (χ2n) is 6.76. The number of rotatable bonds is 8. The molecule has 0 aliphatic rings. The summed E-state index contributed by atoms with van der Waals surface area (Å²) in [5.41, 5.74) is 4.85. The minimum absolute atomic E-state index is 0.213. The Hall–Kier alpha value is -0.660. The SMILES string of the molecule is CC(C)CC(N)=O.CC(C)CCNS(C)(=O)=O.COCC(C)C. The summed E-state index contributed by atoms with van der Waals surface area (Å²) in [7, 11) is -1.25. The summed E-state index contributed by atoms with van der Waals surface area (Å²) < 4.78 is 28.2. The van der Waals surface area contributed by atoms with Crippen molar-refractivity contribution in [1.29, 1.82) is 0 Å². The zero-order valence-electron chi connectivity index (χ0n) is 16.2. The highest BCUT2D eigenvalue weighted by Gasteiger charge is 1.99. The molecule has 0 heterocycles. The van der Waals surface area contributed by atoms with E-state index in [-0.39, 0.29) is 5.91 Å². The van der Waals surface area contributed by atoms with Crippen molar-refractivity contribution in [3.05, 3.63) is 0 Å². The number of hydrogen-bond donors (Lipinski definition) is 2. The fourth-order valence-corrected chi connectivity index (χ4v) is 1.76. The van der Waals surface area contributed by atoms with E-state index in [9.17, 15) is 13.2 Å². The zero-order chi connectivity index (χ0) is 19.1. The van der Waals surface area contributed by atoms with Crippen LogP contribution in [0.2, 0.25) is 0 Å². The number of carbonyl (C=O) groups excluding carboxylic acids is 1. The van der Waals surface area contributed by atoms with Crippen molar-refractivity contribution in [2.24, 2.45) is 23.5 Å². The molecule has 23 heavy (non-hydrogen) atoms. The van der Waals surface area contributed by atoms with Crippen molar-refractivity contribution in [2.45, 2.75) is 54.4 Å². The van der Waals surface area contributed by atoms with E-state index in [0.717, 1.165) is 13.0 Å². The van der Waals surface area contributed by atoms with Gasteiger partial charge in [-0.2, -0.15) is 0 Å². The lowest BCUT2D eigenvalue weighted by Crippen LogP contribution is -2.23. The van der Waals surface area contributed by atoms with E-state index in [1.807, 2.05) is 13.8 Å². The predicted octanol–water partition coefficient (Wildman–Crippen LogP) is 2.39. The van der Waals surface area contributed by atoms with E-state index in [0.29, 0.717) is 30.7 Å². The summed E-state index contributed by atoms with van der Waals surface area (Å²) >= 11 is 0. The molecule has 0 aliphatic carbocycles. The summed E-state index contributed by atoms with van der Waals surface area (Å²) in [5.74, 6) is 1.41. The quantitative estimate of drug-likeness (QED) is 0.699. The molecular weight excluding hydrogens is 316 g/mol. The first-order valence-electron chi connectivity index (χ1n) is 8.03. The standard InChI is InChI=1S/C6H15NO2S.C5H11NO.C5H12O/c1-6(2)4-5-7-10(3,8)9;1-4(2)3-5(6)7;1-5(2)4-6-3/h6-7H,4-5H2,1-3H3;4H,3H2,1-2H3,(H2,6,7);5H,4H2,1-3H3. The number of ether oxygens (including phenoxy) is 1. The number of nitrogens with one attached hydrogen (secondary N) is 1. The maximum Gasteiger partial charge on any atom is 0.217 e. The Morgan fingerprint density at radius 1 is 1.04 bits per heavy atom. The van der Waals surface area contributed by atoms with Crippen LogP contribution in [0.25, 0.3) is 0 Å². The molecule has 0 aromatic carbocycles. The van der Waals surface area contributed by atoms with Crippen LogP contribution in [0, 0.1) is 17.8 Å². The van der Waals surface area contributed by atoms with Crippen molar-refractivity contribution in [2.75, 3.05) is 26.5 Å². The van der Waals surface area contributed by atoms with Gasteiger partial charge in [0.2, 0.25) is 15.9 Å². The Kier molecular flexibility index (Phi) is 19.2. The maximum atomic E-state index is 10.5. The normalized spacial score (nSPS) is 10.9. The van der Waals surface area contributed by atoms with Gasteiger partial charge in [0.1, 0.15) is 0 Å². The third kappa shape index (κ3) is 44.9. The van der Waals surface area contributed by atoms with Crippen LogP contribution < -0.4 is 10.5 Å². The molecule has 0 aliphatic heterocycles. The molecular formula is C16H38N2O4S. The number of primary amides is 1. The minimum atomic E-state index is -2.97. The lowest BCUT2D eigenvalue weighted by molar-refractivity contribution is -0.118. The highest BCUT2D eigenvalue weighted by Crippen LogP contribution is 1.96. The summed E-state index contributed by atoms with van der Waals surface area (Å²) in [5, 5.41) is 0. The van der Waals surface area contributed by atoms with Crippen LogP contribution in [0.4, 0.5) is 0 Å². The van der Waals surface area contributed by atoms with Gasteiger partial charge in [-0.3, -0.25) is 4.79 Å². The average molecular weight is 355 g/mol.